The van der Waals surface area contributed by atoms with Crippen molar-refractivity contribution >= 4 is 46.3 Å². The van der Waals surface area contributed by atoms with Gasteiger partial charge in [-0.3, -0.25) is 48.8 Å². The van der Waals surface area contributed by atoms with Crippen molar-refractivity contribution in [1.29, 1.82) is 0 Å². The molecule has 69 heavy (non-hydrogen) atoms. The van der Waals surface area contributed by atoms with E-state index in [9.17, 15) is 24.0 Å². The number of para-hydroxylation sites is 1. The molecule has 18 nitrogen and oxygen atoms in total. The van der Waals surface area contributed by atoms with Crippen LogP contribution in [0.25, 0.3) is 33.4 Å². The summed E-state index contributed by atoms with van der Waals surface area (Å²) in [7, 11) is 0. The Morgan fingerprint density at radius 1 is 0.797 bits per heavy atom. The minimum atomic E-state index is -1.02. The third-order valence-corrected chi connectivity index (χ3v) is 12.8. The van der Waals surface area contributed by atoms with E-state index in [0.717, 1.165) is 23.3 Å². The number of carbonyl (C=O) groups excluding carboxylic acids is 5. The number of anilines is 1. The van der Waals surface area contributed by atoms with E-state index in [4.69, 9.17) is 23.9 Å². The highest BCUT2D eigenvalue weighted by Crippen LogP contribution is 2.33. The summed E-state index contributed by atoms with van der Waals surface area (Å²) in [6, 6.07) is 12.0. The zero-order valence-corrected chi connectivity index (χ0v) is 38.0. The lowest BCUT2D eigenvalue weighted by molar-refractivity contribution is -0.136. The van der Waals surface area contributed by atoms with Crippen LogP contribution in [-0.2, 0) is 39.9 Å². The van der Waals surface area contributed by atoms with Crippen molar-refractivity contribution in [3.8, 4) is 22.4 Å². The van der Waals surface area contributed by atoms with E-state index in [1.54, 1.807) is 42.7 Å². The van der Waals surface area contributed by atoms with Gasteiger partial charge >= 0.3 is 0 Å². The molecule has 4 aliphatic rings. The zero-order valence-electron chi connectivity index (χ0n) is 38.0. The Balaban J connectivity index is 0.649. The summed E-state index contributed by atoms with van der Waals surface area (Å²) in [5.74, 6) is -3.38. The highest BCUT2D eigenvalue weighted by atomic mass is 19.1. The number of carbonyl (C=O) groups is 5. The van der Waals surface area contributed by atoms with Gasteiger partial charge in [-0.15, -0.1) is 0 Å². The number of nitrogens with one attached hydrogen (secondary N) is 2. The van der Waals surface area contributed by atoms with E-state index in [0.29, 0.717) is 113 Å². The molecule has 362 valence electrons. The van der Waals surface area contributed by atoms with Gasteiger partial charge in [-0.05, 0) is 61.2 Å². The fourth-order valence-corrected chi connectivity index (χ4v) is 9.06. The van der Waals surface area contributed by atoms with Crippen molar-refractivity contribution in [3.63, 3.8) is 0 Å². The molecule has 9 rings (SSSR count). The van der Waals surface area contributed by atoms with E-state index < -0.39 is 41.3 Å². The van der Waals surface area contributed by atoms with Gasteiger partial charge < -0.3 is 29.2 Å². The number of hydrogen-bond donors (Lipinski definition) is 2. The van der Waals surface area contributed by atoms with Crippen molar-refractivity contribution in [2.75, 3.05) is 90.9 Å². The molecule has 1 atom stereocenters. The molecule has 0 spiro atoms. The number of fused-ring (bicyclic) bond motifs is 2. The minimum Gasteiger partial charge on any atom is -0.383 e. The van der Waals surface area contributed by atoms with Crippen molar-refractivity contribution in [1.82, 2.24) is 39.8 Å². The molecule has 2 aromatic heterocycles. The van der Waals surface area contributed by atoms with E-state index in [-0.39, 0.29) is 61.1 Å². The summed E-state index contributed by atoms with van der Waals surface area (Å²) in [6.45, 7) is 6.14. The summed E-state index contributed by atoms with van der Waals surface area (Å²) in [5, 5.41) is 9.99. The number of rotatable bonds is 19. The lowest BCUT2D eigenvalue weighted by atomic mass is 10.0. The third kappa shape index (κ3) is 11.0. The number of likely N-dealkylation sites (tertiary alicyclic amines) is 1. The number of halogens is 2. The predicted octanol–water partition coefficient (Wildman–Crippen LogP) is 4.39. The molecular formula is C49H53F2N9O9. The lowest BCUT2D eigenvalue weighted by Crippen LogP contribution is -2.54. The van der Waals surface area contributed by atoms with Crippen LogP contribution in [0.5, 0.6) is 0 Å². The Kier molecular flexibility index (Phi) is 15.0. The molecule has 6 heterocycles. The smallest absolute Gasteiger partial charge is 0.262 e. The summed E-state index contributed by atoms with van der Waals surface area (Å²) >= 11 is 0. The SMILES string of the molecule is O=C1CCC(N2C(=O)c3ccc(NCCOCCOCCOCCC(=O)N4CCC(n5cc(-c6cnc7cccc(-c8cc(F)c(CN9CCOCC9)c(F)c8)c7n6)cn5)CC4)cc3C2=O)C(=O)N1. The molecule has 3 fully saturated rings. The predicted molar refractivity (Wildman–Crippen MR) is 246 cm³/mol. The normalized spacial score (nSPS) is 18.0. The van der Waals surface area contributed by atoms with E-state index >= 15 is 8.78 Å². The van der Waals surface area contributed by atoms with Crippen LogP contribution in [0.1, 0.15) is 64.4 Å². The lowest BCUT2D eigenvalue weighted by Gasteiger charge is -2.32. The van der Waals surface area contributed by atoms with Gasteiger partial charge in [0.15, 0.2) is 0 Å². The van der Waals surface area contributed by atoms with Crippen molar-refractivity contribution in [2.24, 2.45) is 0 Å². The molecule has 5 amide bonds. The Bertz CT molecular complexity index is 2700. The van der Waals surface area contributed by atoms with Crippen LogP contribution >= 0.6 is 0 Å². The number of nitrogens with zero attached hydrogens (tertiary/aromatic N) is 7. The first-order chi connectivity index (χ1) is 33.6. The van der Waals surface area contributed by atoms with Gasteiger partial charge in [0, 0.05) is 74.3 Å². The first-order valence-corrected chi connectivity index (χ1v) is 23.3. The number of piperidine rings is 2. The summed E-state index contributed by atoms with van der Waals surface area (Å²) in [6.07, 6.45) is 7.22. The average molecular weight is 950 g/mol. The first-order valence-electron chi connectivity index (χ1n) is 23.3. The molecule has 1 unspecified atom stereocenters. The Morgan fingerprint density at radius 2 is 1.52 bits per heavy atom. The van der Waals surface area contributed by atoms with Gasteiger partial charge in [-0.1, -0.05) is 12.1 Å². The molecule has 2 N–H and O–H groups in total. The topological polar surface area (TPSA) is 200 Å². The number of amides is 5. The fraction of sp³-hybridized carbons (Fsp3) is 0.429. The second-order valence-corrected chi connectivity index (χ2v) is 17.3. The minimum absolute atomic E-state index is 0.0282. The third-order valence-electron chi connectivity index (χ3n) is 12.8. The molecular weight excluding hydrogens is 897 g/mol. The molecule has 0 saturated carbocycles. The van der Waals surface area contributed by atoms with Gasteiger partial charge in [0.2, 0.25) is 17.7 Å². The molecule has 5 aromatic rings. The van der Waals surface area contributed by atoms with Gasteiger partial charge in [0.1, 0.15) is 17.7 Å². The fourth-order valence-electron chi connectivity index (χ4n) is 9.06. The molecule has 20 heteroatoms. The quantitative estimate of drug-likeness (QED) is 0.0873. The maximum absolute atomic E-state index is 15.4. The van der Waals surface area contributed by atoms with Crippen LogP contribution in [0.4, 0.5) is 14.5 Å². The highest BCUT2D eigenvalue weighted by Gasteiger charge is 2.44. The maximum Gasteiger partial charge on any atom is 0.262 e. The Hall–Kier alpha value is -6.58. The molecule has 0 bridgehead atoms. The molecule has 0 radical (unpaired) electrons. The van der Waals surface area contributed by atoms with Crippen LogP contribution < -0.4 is 10.6 Å². The summed E-state index contributed by atoms with van der Waals surface area (Å²) < 4.78 is 55.0. The number of benzene rings is 3. The average Bonchev–Trinajstić information content (AvgIpc) is 3.95. The number of hydrogen-bond acceptors (Lipinski definition) is 14. The van der Waals surface area contributed by atoms with Gasteiger partial charge in [0.05, 0.1) is 106 Å². The van der Waals surface area contributed by atoms with E-state index in [1.165, 1.54) is 12.1 Å². The Morgan fingerprint density at radius 3 is 2.28 bits per heavy atom. The van der Waals surface area contributed by atoms with Crippen LogP contribution in [0.15, 0.2) is 67.1 Å². The number of morpholine rings is 1. The van der Waals surface area contributed by atoms with E-state index in [1.807, 2.05) is 26.7 Å². The van der Waals surface area contributed by atoms with Gasteiger partial charge in [-0.25, -0.2) is 13.8 Å². The van der Waals surface area contributed by atoms with E-state index in [2.05, 4.69) is 20.7 Å². The maximum atomic E-state index is 15.4. The second-order valence-electron chi connectivity index (χ2n) is 17.3. The van der Waals surface area contributed by atoms with Crippen molar-refractivity contribution in [3.05, 3.63) is 95.4 Å². The van der Waals surface area contributed by atoms with Crippen LogP contribution in [0.2, 0.25) is 0 Å². The Labute approximate surface area is 396 Å². The van der Waals surface area contributed by atoms with Gasteiger partial charge in [-0.2, -0.15) is 5.10 Å². The highest BCUT2D eigenvalue weighted by molar-refractivity contribution is 6.23. The molecule has 3 aromatic carbocycles. The standard InChI is InChI=1S/C49H53F2N9O9/c50-39-24-31(25-40(51)38(39)30-57-14-18-68-19-15-57)35-2-1-3-41-46(35)55-42(28-53-41)32-27-54-59(29-32)34-8-12-58(13-9-34)45(62)10-16-66-20-22-69-23-21-67-17-11-52-33-4-5-36-37(26-33)49(65)60(48(36)64)43-6-7-44(61)56-47(43)63/h1-5,24-29,34,43,52H,6-23,30H2,(H,56,61,63). The summed E-state index contributed by atoms with van der Waals surface area (Å²) in [5.41, 5.74) is 4.50. The van der Waals surface area contributed by atoms with Crippen molar-refractivity contribution in [2.45, 2.75) is 50.7 Å². The van der Waals surface area contributed by atoms with Crippen LogP contribution in [0.3, 0.4) is 0 Å². The summed E-state index contributed by atoms with van der Waals surface area (Å²) in [4.78, 5) is 77.1. The van der Waals surface area contributed by atoms with Crippen LogP contribution in [-0.4, -0.2) is 156 Å². The zero-order chi connectivity index (χ0) is 47.9. The molecule has 0 aliphatic carbocycles. The second kappa shape index (κ2) is 21.8. The number of aromatic nitrogens is 4. The first kappa shape index (κ1) is 47.5. The largest absolute Gasteiger partial charge is 0.383 e. The monoisotopic (exact) mass is 949 g/mol. The van der Waals surface area contributed by atoms with Crippen LogP contribution in [0, 0.1) is 11.6 Å². The van der Waals surface area contributed by atoms with Crippen molar-refractivity contribution < 1.29 is 51.7 Å². The molecule has 3 saturated heterocycles. The number of imide groups is 2. The van der Waals surface area contributed by atoms with Gasteiger partial charge in [0.25, 0.3) is 11.8 Å². The molecule has 4 aliphatic heterocycles. The number of ether oxygens (including phenoxy) is 4.